The topological polar surface area (TPSA) is 73.1 Å². The summed E-state index contributed by atoms with van der Waals surface area (Å²) in [5, 5.41) is 4.31. The molecule has 0 aliphatic heterocycles. The molecule has 0 fully saturated rings. The molecule has 3 aromatic rings. The third-order valence-corrected chi connectivity index (χ3v) is 3.85. The van der Waals surface area contributed by atoms with Gasteiger partial charge in [0.05, 0.1) is 5.52 Å². The van der Waals surface area contributed by atoms with Crippen molar-refractivity contribution in [3.8, 4) is 5.75 Å². The number of fused-ring (bicyclic) bond motifs is 1. The van der Waals surface area contributed by atoms with Crippen LogP contribution in [0.5, 0.6) is 5.75 Å². The fourth-order valence-electron chi connectivity index (χ4n) is 2.57. The summed E-state index contributed by atoms with van der Waals surface area (Å²) in [5.74, 6) is 1.69. The van der Waals surface area contributed by atoms with Gasteiger partial charge in [-0.25, -0.2) is 9.97 Å². The Labute approximate surface area is 147 Å². The van der Waals surface area contributed by atoms with Crippen LogP contribution < -0.4 is 15.8 Å². The Morgan fingerprint density at radius 2 is 2.08 bits per heavy atom. The molecule has 0 spiro atoms. The van der Waals surface area contributed by atoms with E-state index in [4.69, 9.17) is 10.5 Å². The van der Waals surface area contributed by atoms with Crippen LogP contribution >= 0.6 is 0 Å². The fourth-order valence-corrected chi connectivity index (χ4v) is 2.57. The van der Waals surface area contributed by atoms with E-state index in [2.05, 4.69) is 27.4 Å². The minimum atomic E-state index is 0.590. The van der Waals surface area contributed by atoms with Crippen LogP contribution in [0.25, 0.3) is 10.9 Å². The van der Waals surface area contributed by atoms with E-state index in [9.17, 15) is 0 Å². The van der Waals surface area contributed by atoms with E-state index >= 15 is 0 Å². The molecule has 1 heterocycles. The third kappa shape index (κ3) is 4.47. The Morgan fingerprint density at radius 1 is 1.16 bits per heavy atom. The largest absolute Gasteiger partial charge is 0.490 e. The van der Waals surface area contributed by atoms with Crippen molar-refractivity contribution in [3.63, 3.8) is 0 Å². The summed E-state index contributed by atoms with van der Waals surface area (Å²) in [6.45, 7) is 3.34. The Bertz CT molecular complexity index is 876. The predicted molar refractivity (Wildman–Crippen MR) is 103 cm³/mol. The lowest BCUT2D eigenvalue weighted by Crippen LogP contribution is -2.07. The maximum atomic E-state index is 5.88. The predicted octanol–water partition coefficient (Wildman–Crippen LogP) is 3.82. The van der Waals surface area contributed by atoms with Crippen molar-refractivity contribution in [2.24, 2.45) is 0 Å². The number of rotatable bonds is 7. The Morgan fingerprint density at radius 3 is 2.96 bits per heavy atom. The number of nitrogens with zero attached hydrogens (tertiary/aromatic N) is 2. The number of nitrogen functional groups attached to an aromatic ring is 1. The van der Waals surface area contributed by atoms with E-state index in [-0.39, 0.29) is 0 Å². The second-order valence-corrected chi connectivity index (χ2v) is 5.70. The number of allylic oxidation sites excluding steroid dienone is 1. The van der Waals surface area contributed by atoms with Gasteiger partial charge in [0, 0.05) is 17.6 Å². The molecule has 25 heavy (non-hydrogen) atoms. The molecule has 128 valence electrons. The van der Waals surface area contributed by atoms with E-state index in [0.29, 0.717) is 12.3 Å². The average Bonchev–Trinajstić information content (AvgIpc) is 2.63. The summed E-state index contributed by atoms with van der Waals surface area (Å²) in [6, 6.07) is 13.8. The molecule has 3 rings (SSSR count). The summed E-state index contributed by atoms with van der Waals surface area (Å²) < 4.78 is 5.68. The lowest BCUT2D eigenvalue weighted by molar-refractivity contribution is 0.362. The van der Waals surface area contributed by atoms with E-state index in [1.165, 1.54) is 5.56 Å². The normalized spacial score (nSPS) is 11.1. The quantitative estimate of drug-likeness (QED) is 0.507. The standard InChI is InChI=1S/C20H22N4O/c1-2-3-11-25-17-6-4-5-15(12-17)9-10-22-20-18-13-16(21)7-8-19(18)23-14-24-20/h2-8,12-14H,9-11,21H2,1H3,(H,22,23,24). The molecule has 0 aliphatic carbocycles. The van der Waals surface area contributed by atoms with E-state index in [1.54, 1.807) is 6.33 Å². The number of nitrogens with two attached hydrogens (primary N) is 1. The summed E-state index contributed by atoms with van der Waals surface area (Å²) in [6.07, 6.45) is 6.40. The van der Waals surface area contributed by atoms with Crippen LogP contribution in [0.2, 0.25) is 0 Å². The van der Waals surface area contributed by atoms with Gasteiger partial charge in [-0.15, -0.1) is 0 Å². The second-order valence-electron chi connectivity index (χ2n) is 5.70. The number of hydrogen-bond donors (Lipinski definition) is 2. The van der Waals surface area contributed by atoms with Crippen molar-refractivity contribution >= 4 is 22.4 Å². The first-order chi connectivity index (χ1) is 12.3. The molecular formula is C20H22N4O. The lowest BCUT2D eigenvalue weighted by Gasteiger charge is -2.10. The van der Waals surface area contributed by atoms with Crippen molar-refractivity contribution in [2.45, 2.75) is 13.3 Å². The first-order valence-corrected chi connectivity index (χ1v) is 8.33. The third-order valence-electron chi connectivity index (χ3n) is 3.85. The molecule has 0 aliphatic rings. The molecule has 5 nitrogen and oxygen atoms in total. The summed E-state index contributed by atoms with van der Waals surface area (Å²) in [4.78, 5) is 8.60. The number of anilines is 2. The highest BCUT2D eigenvalue weighted by Gasteiger charge is 2.04. The Balaban J connectivity index is 1.63. The number of aromatic nitrogens is 2. The van der Waals surface area contributed by atoms with Gasteiger partial charge in [0.1, 0.15) is 24.5 Å². The Hall–Kier alpha value is -3.08. The van der Waals surface area contributed by atoms with Gasteiger partial charge >= 0.3 is 0 Å². The highest BCUT2D eigenvalue weighted by atomic mass is 16.5. The van der Waals surface area contributed by atoms with Crippen LogP contribution in [-0.2, 0) is 6.42 Å². The van der Waals surface area contributed by atoms with E-state index < -0.39 is 0 Å². The van der Waals surface area contributed by atoms with Crippen molar-refractivity contribution in [2.75, 3.05) is 24.2 Å². The van der Waals surface area contributed by atoms with Crippen molar-refractivity contribution < 1.29 is 4.74 Å². The van der Waals surface area contributed by atoms with Gasteiger partial charge in [-0.05, 0) is 49.2 Å². The molecule has 0 amide bonds. The zero-order valence-electron chi connectivity index (χ0n) is 14.3. The summed E-state index contributed by atoms with van der Waals surface area (Å²) in [7, 11) is 0. The molecule has 3 N–H and O–H groups in total. The highest BCUT2D eigenvalue weighted by Crippen LogP contribution is 2.21. The fraction of sp³-hybridized carbons (Fsp3) is 0.200. The van der Waals surface area contributed by atoms with Gasteiger partial charge in [-0.3, -0.25) is 0 Å². The molecule has 0 bridgehead atoms. The van der Waals surface area contributed by atoms with Gasteiger partial charge in [-0.1, -0.05) is 24.3 Å². The lowest BCUT2D eigenvalue weighted by atomic mass is 10.1. The molecule has 0 saturated carbocycles. The highest BCUT2D eigenvalue weighted by molar-refractivity contribution is 5.91. The molecule has 2 aromatic carbocycles. The molecule has 0 saturated heterocycles. The molecule has 0 radical (unpaired) electrons. The van der Waals surface area contributed by atoms with Crippen molar-refractivity contribution in [1.82, 2.24) is 9.97 Å². The smallest absolute Gasteiger partial charge is 0.137 e. The van der Waals surface area contributed by atoms with Crippen LogP contribution in [0.4, 0.5) is 11.5 Å². The zero-order valence-corrected chi connectivity index (χ0v) is 14.3. The minimum Gasteiger partial charge on any atom is -0.490 e. The zero-order chi connectivity index (χ0) is 17.5. The van der Waals surface area contributed by atoms with Gasteiger partial charge in [0.15, 0.2) is 0 Å². The van der Waals surface area contributed by atoms with Crippen LogP contribution in [0, 0.1) is 0 Å². The maximum absolute atomic E-state index is 5.88. The number of benzene rings is 2. The molecule has 1 aromatic heterocycles. The van der Waals surface area contributed by atoms with Crippen LogP contribution in [0.1, 0.15) is 12.5 Å². The molecular weight excluding hydrogens is 312 g/mol. The van der Waals surface area contributed by atoms with Gasteiger partial charge in [-0.2, -0.15) is 0 Å². The average molecular weight is 334 g/mol. The van der Waals surface area contributed by atoms with Crippen molar-refractivity contribution in [1.29, 1.82) is 0 Å². The van der Waals surface area contributed by atoms with E-state index in [1.807, 2.05) is 49.4 Å². The number of hydrogen-bond acceptors (Lipinski definition) is 5. The van der Waals surface area contributed by atoms with Gasteiger partial charge in [0.2, 0.25) is 0 Å². The van der Waals surface area contributed by atoms with Crippen LogP contribution in [0.3, 0.4) is 0 Å². The van der Waals surface area contributed by atoms with Gasteiger partial charge < -0.3 is 15.8 Å². The maximum Gasteiger partial charge on any atom is 0.137 e. The van der Waals surface area contributed by atoms with Crippen LogP contribution in [-0.4, -0.2) is 23.1 Å². The molecule has 0 atom stereocenters. The minimum absolute atomic E-state index is 0.590. The first-order valence-electron chi connectivity index (χ1n) is 8.33. The monoisotopic (exact) mass is 334 g/mol. The summed E-state index contributed by atoms with van der Waals surface area (Å²) in [5.41, 5.74) is 8.67. The first kappa shape index (κ1) is 16.8. The van der Waals surface area contributed by atoms with Gasteiger partial charge in [0.25, 0.3) is 0 Å². The number of nitrogens with one attached hydrogen (secondary N) is 1. The number of ether oxygens (including phenoxy) is 1. The molecule has 0 unspecified atom stereocenters. The van der Waals surface area contributed by atoms with E-state index in [0.717, 1.165) is 35.4 Å². The summed E-state index contributed by atoms with van der Waals surface area (Å²) >= 11 is 0. The van der Waals surface area contributed by atoms with Crippen LogP contribution in [0.15, 0.2) is 60.9 Å². The SMILES string of the molecule is CC=CCOc1cccc(CCNc2ncnc3ccc(N)cc23)c1. The van der Waals surface area contributed by atoms with Crippen molar-refractivity contribution in [3.05, 3.63) is 66.5 Å². The second kappa shape index (κ2) is 8.15. The Kier molecular flexibility index (Phi) is 5.46. The molecule has 5 heteroatoms.